The number of halogens is 1. The van der Waals surface area contributed by atoms with Crippen LogP contribution in [-0.2, 0) is 14.3 Å². The van der Waals surface area contributed by atoms with Gasteiger partial charge in [-0.1, -0.05) is 22.9 Å². The topological polar surface area (TPSA) is 35.5 Å². The SMILES string of the molecule is CCC(Br)COC(=O)CCCOC. The van der Waals surface area contributed by atoms with Gasteiger partial charge in [-0.3, -0.25) is 4.79 Å². The van der Waals surface area contributed by atoms with Gasteiger partial charge in [-0.2, -0.15) is 0 Å². The summed E-state index contributed by atoms with van der Waals surface area (Å²) in [5.41, 5.74) is 0. The van der Waals surface area contributed by atoms with Crippen molar-refractivity contribution in [2.75, 3.05) is 20.3 Å². The van der Waals surface area contributed by atoms with E-state index in [0.29, 0.717) is 19.6 Å². The zero-order valence-electron chi connectivity index (χ0n) is 8.22. The number of carbonyl (C=O) groups is 1. The molecule has 0 rings (SSSR count). The zero-order valence-corrected chi connectivity index (χ0v) is 9.80. The third-order valence-corrected chi connectivity index (χ3v) is 2.51. The third kappa shape index (κ3) is 8.25. The number of rotatable bonds is 7. The van der Waals surface area contributed by atoms with E-state index in [1.165, 1.54) is 0 Å². The maximum atomic E-state index is 11.0. The van der Waals surface area contributed by atoms with Crippen molar-refractivity contribution in [2.45, 2.75) is 31.0 Å². The number of methoxy groups -OCH3 is 1. The van der Waals surface area contributed by atoms with E-state index >= 15 is 0 Å². The molecule has 0 aliphatic rings. The number of carbonyl (C=O) groups excluding carboxylic acids is 1. The predicted molar refractivity (Wildman–Crippen MR) is 55.1 cm³/mol. The van der Waals surface area contributed by atoms with Crippen molar-refractivity contribution in [1.82, 2.24) is 0 Å². The summed E-state index contributed by atoms with van der Waals surface area (Å²) in [6.07, 6.45) is 2.14. The second-order valence-corrected chi connectivity index (χ2v) is 4.08. The van der Waals surface area contributed by atoms with Crippen molar-refractivity contribution in [3.8, 4) is 0 Å². The molecule has 0 heterocycles. The normalized spacial score (nSPS) is 12.5. The fourth-order valence-corrected chi connectivity index (χ4v) is 0.866. The van der Waals surface area contributed by atoms with Gasteiger partial charge in [0.15, 0.2) is 0 Å². The molecule has 0 N–H and O–H groups in total. The van der Waals surface area contributed by atoms with Crippen LogP contribution < -0.4 is 0 Å². The van der Waals surface area contributed by atoms with Gasteiger partial charge in [-0.15, -0.1) is 0 Å². The molecule has 0 saturated carbocycles. The van der Waals surface area contributed by atoms with Crippen LogP contribution in [0.1, 0.15) is 26.2 Å². The van der Waals surface area contributed by atoms with Gasteiger partial charge in [0.05, 0.1) is 0 Å². The molecular weight excluding hydrogens is 236 g/mol. The van der Waals surface area contributed by atoms with Gasteiger partial charge in [-0.25, -0.2) is 0 Å². The van der Waals surface area contributed by atoms with E-state index in [1.807, 2.05) is 6.92 Å². The summed E-state index contributed by atoms with van der Waals surface area (Å²) in [4.78, 5) is 11.3. The van der Waals surface area contributed by atoms with E-state index in [2.05, 4.69) is 15.9 Å². The molecule has 1 unspecified atom stereocenters. The van der Waals surface area contributed by atoms with Gasteiger partial charge in [0.25, 0.3) is 0 Å². The molecule has 0 bridgehead atoms. The molecule has 0 aliphatic heterocycles. The summed E-state index contributed by atoms with van der Waals surface area (Å²) in [5, 5.41) is 0. The second-order valence-electron chi connectivity index (χ2n) is 2.78. The number of hydrogen-bond donors (Lipinski definition) is 0. The second kappa shape index (κ2) is 8.51. The first-order chi connectivity index (χ1) is 6.20. The van der Waals surface area contributed by atoms with E-state index in [1.54, 1.807) is 7.11 Å². The molecule has 0 fully saturated rings. The summed E-state index contributed by atoms with van der Waals surface area (Å²) in [6, 6.07) is 0. The van der Waals surface area contributed by atoms with E-state index in [9.17, 15) is 4.79 Å². The molecule has 4 heteroatoms. The molecule has 0 aromatic rings. The number of esters is 1. The molecule has 0 amide bonds. The van der Waals surface area contributed by atoms with Crippen LogP contribution in [0.25, 0.3) is 0 Å². The Morgan fingerprint density at radius 2 is 2.23 bits per heavy atom. The maximum absolute atomic E-state index is 11.0. The molecule has 1 atom stereocenters. The Bertz CT molecular complexity index is 139. The number of alkyl halides is 1. The minimum atomic E-state index is -0.144. The van der Waals surface area contributed by atoms with Gasteiger partial charge in [0, 0.05) is 25.0 Å². The highest BCUT2D eigenvalue weighted by Gasteiger charge is 2.06. The van der Waals surface area contributed by atoms with Crippen molar-refractivity contribution in [3.63, 3.8) is 0 Å². The highest BCUT2D eigenvalue weighted by molar-refractivity contribution is 9.09. The van der Waals surface area contributed by atoms with Crippen LogP contribution in [0.4, 0.5) is 0 Å². The van der Waals surface area contributed by atoms with Crippen LogP contribution in [0.3, 0.4) is 0 Å². The lowest BCUT2D eigenvalue weighted by molar-refractivity contribution is -0.143. The van der Waals surface area contributed by atoms with Crippen LogP contribution >= 0.6 is 15.9 Å². The lowest BCUT2D eigenvalue weighted by Gasteiger charge is -2.07. The van der Waals surface area contributed by atoms with Crippen LogP contribution in [-0.4, -0.2) is 31.1 Å². The summed E-state index contributed by atoms with van der Waals surface area (Å²) >= 11 is 3.39. The average Bonchev–Trinajstić information content (AvgIpc) is 2.14. The molecule has 0 aromatic heterocycles. The molecule has 0 spiro atoms. The van der Waals surface area contributed by atoms with Gasteiger partial charge < -0.3 is 9.47 Å². The summed E-state index contributed by atoms with van der Waals surface area (Å²) in [6.45, 7) is 3.11. The van der Waals surface area contributed by atoms with Gasteiger partial charge >= 0.3 is 5.97 Å². The largest absolute Gasteiger partial charge is 0.464 e. The van der Waals surface area contributed by atoms with Crippen molar-refractivity contribution in [3.05, 3.63) is 0 Å². The first-order valence-electron chi connectivity index (χ1n) is 4.49. The minimum absolute atomic E-state index is 0.144. The van der Waals surface area contributed by atoms with E-state index in [0.717, 1.165) is 12.8 Å². The Morgan fingerprint density at radius 3 is 2.77 bits per heavy atom. The molecular formula is C9H17BrO3. The number of ether oxygens (including phenoxy) is 2. The predicted octanol–water partition coefficient (Wildman–Crippen LogP) is 2.13. The molecule has 0 radical (unpaired) electrons. The van der Waals surface area contributed by atoms with Crippen LogP contribution in [0.15, 0.2) is 0 Å². The van der Waals surface area contributed by atoms with E-state index in [4.69, 9.17) is 9.47 Å². The number of hydrogen-bond acceptors (Lipinski definition) is 3. The first kappa shape index (κ1) is 12.9. The summed E-state index contributed by atoms with van der Waals surface area (Å²) in [5.74, 6) is -0.144. The quantitative estimate of drug-likeness (QED) is 0.396. The fraction of sp³-hybridized carbons (Fsp3) is 0.889. The van der Waals surface area contributed by atoms with Gasteiger partial charge in [0.2, 0.25) is 0 Å². The fourth-order valence-electron chi connectivity index (χ4n) is 0.734. The van der Waals surface area contributed by atoms with Crippen molar-refractivity contribution in [1.29, 1.82) is 0 Å². The van der Waals surface area contributed by atoms with E-state index < -0.39 is 0 Å². The van der Waals surface area contributed by atoms with Crippen molar-refractivity contribution < 1.29 is 14.3 Å². The monoisotopic (exact) mass is 252 g/mol. The highest BCUT2D eigenvalue weighted by atomic mass is 79.9. The molecule has 0 aliphatic carbocycles. The minimum Gasteiger partial charge on any atom is -0.464 e. The lowest BCUT2D eigenvalue weighted by atomic mass is 10.3. The standard InChI is InChI=1S/C9H17BrO3/c1-3-8(10)7-13-9(11)5-4-6-12-2/h8H,3-7H2,1-2H3. The van der Waals surface area contributed by atoms with Crippen LogP contribution in [0.5, 0.6) is 0 Å². The smallest absolute Gasteiger partial charge is 0.305 e. The molecule has 3 nitrogen and oxygen atoms in total. The average molecular weight is 253 g/mol. The Balaban J connectivity index is 3.30. The highest BCUT2D eigenvalue weighted by Crippen LogP contribution is 2.05. The summed E-state index contributed by atoms with van der Waals surface area (Å²) in [7, 11) is 1.62. The van der Waals surface area contributed by atoms with Crippen LogP contribution in [0, 0.1) is 0 Å². The Labute approximate surface area is 87.9 Å². The lowest BCUT2D eigenvalue weighted by Crippen LogP contribution is -2.13. The van der Waals surface area contributed by atoms with Crippen molar-refractivity contribution in [2.24, 2.45) is 0 Å². The molecule has 78 valence electrons. The summed E-state index contributed by atoms with van der Waals surface area (Å²) < 4.78 is 9.82. The molecule has 0 aromatic carbocycles. The molecule has 13 heavy (non-hydrogen) atoms. The zero-order chi connectivity index (χ0) is 10.1. The first-order valence-corrected chi connectivity index (χ1v) is 5.40. The van der Waals surface area contributed by atoms with E-state index in [-0.39, 0.29) is 10.8 Å². The van der Waals surface area contributed by atoms with Crippen LogP contribution in [0.2, 0.25) is 0 Å². The van der Waals surface area contributed by atoms with Crippen molar-refractivity contribution >= 4 is 21.9 Å². The molecule has 0 saturated heterocycles. The Morgan fingerprint density at radius 1 is 1.54 bits per heavy atom. The maximum Gasteiger partial charge on any atom is 0.305 e. The Kier molecular flexibility index (Phi) is 8.45. The van der Waals surface area contributed by atoms with Gasteiger partial charge in [0.1, 0.15) is 6.61 Å². The Hall–Kier alpha value is -0.0900. The van der Waals surface area contributed by atoms with Gasteiger partial charge in [-0.05, 0) is 12.8 Å². The third-order valence-electron chi connectivity index (χ3n) is 1.60.